The molecule has 0 saturated heterocycles. The molecule has 2 amide bonds. The van der Waals surface area contributed by atoms with E-state index in [0.29, 0.717) is 37.8 Å². The molecule has 0 heterocycles. The largest absolute Gasteiger partial charge is 0.465 e. The number of esters is 1. The number of methoxy groups -OCH3 is 1. The molecular formula is C17H26N2O4. The fourth-order valence-electron chi connectivity index (χ4n) is 1.89. The summed E-state index contributed by atoms with van der Waals surface area (Å²) >= 11 is 0. The quantitative estimate of drug-likeness (QED) is 0.589. The third-order valence-corrected chi connectivity index (χ3v) is 3.12. The molecule has 0 saturated carbocycles. The Morgan fingerprint density at radius 1 is 1.22 bits per heavy atom. The number of hydrogen-bond acceptors (Lipinski definition) is 4. The summed E-state index contributed by atoms with van der Waals surface area (Å²) in [6.07, 6.45) is 0. The van der Waals surface area contributed by atoms with Crippen LogP contribution in [-0.2, 0) is 16.0 Å². The highest BCUT2D eigenvalue weighted by Gasteiger charge is 2.09. The van der Waals surface area contributed by atoms with Crippen molar-refractivity contribution in [3.05, 3.63) is 35.4 Å². The molecule has 1 aromatic rings. The van der Waals surface area contributed by atoms with Gasteiger partial charge in [-0.3, -0.25) is 0 Å². The second kappa shape index (κ2) is 9.84. The number of amides is 2. The monoisotopic (exact) mass is 322 g/mol. The van der Waals surface area contributed by atoms with E-state index in [2.05, 4.69) is 23.9 Å². The van der Waals surface area contributed by atoms with E-state index in [1.165, 1.54) is 7.11 Å². The van der Waals surface area contributed by atoms with E-state index in [-0.39, 0.29) is 12.0 Å². The van der Waals surface area contributed by atoms with E-state index in [1.807, 2.05) is 12.1 Å². The summed E-state index contributed by atoms with van der Waals surface area (Å²) in [7, 11) is 3.07. The van der Waals surface area contributed by atoms with Crippen LogP contribution in [0.2, 0.25) is 0 Å². The number of nitrogens with zero attached hydrogens (tertiary/aromatic N) is 1. The predicted octanol–water partition coefficient (Wildman–Crippen LogP) is 2.29. The number of nitrogens with one attached hydrogen (secondary N) is 1. The van der Waals surface area contributed by atoms with Crippen molar-refractivity contribution in [1.29, 1.82) is 0 Å². The summed E-state index contributed by atoms with van der Waals surface area (Å²) in [6, 6.07) is 6.83. The fraction of sp³-hybridized carbons (Fsp3) is 0.529. The zero-order chi connectivity index (χ0) is 17.2. The molecular weight excluding hydrogens is 296 g/mol. The molecule has 0 bridgehead atoms. The van der Waals surface area contributed by atoms with Crippen molar-refractivity contribution in [1.82, 2.24) is 10.2 Å². The molecule has 0 unspecified atom stereocenters. The normalized spacial score (nSPS) is 10.5. The van der Waals surface area contributed by atoms with E-state index >= 15 is 0 Å². The summed E-state index contributed by atoms with van der Waals surface area (Å²) in [6.45, 7) is 6.30. The van der Waals surface area contributed by atoms with Gasteiger partial charge in [-0.1, -0.05) is 26.0 Å². The molecule has 23 heavy (non-hydrogen) atoms. The number of rotatable bonds is 8. The van der Waals surface area contributed by atoms with Crippen molar-refractivity contribution in [3.8, 4) is 0 Å². The zero-order valence-electron chi connectivity index (χ0n) is 14.3. The molecule has 1 aromatic carbocycles. The average molecular weight is 322 g/mol. The standard InChI is InChI=1S/C17H26N2O4/c1-13(2)12-23-10-9-18-17(21)19(3)11-14-5-7-15(8-6-14)16(20)22-4/h5-8,13H,9-12H2,1-4H3,(H,18,21). The second-order valence-electron chi connectivity index (χ2n) is 5.75. The van der Waals surface area contributed by atoms with Crippen LogP contribution in [0.3, 0.4) is 0 Å². The first-order valence-electron chi connectivity index (χ1n) is 7.68. The molecule has 0 spiro atoms. The van der Waals surface area contributed by atoms with E-state index in [0.717, 1.165) is 5.56 Å². The van der Waals surface area contributed by atoms with Crippen LogP contribution in [0.15, 0.2) is 24.3 Å². The fourth-order valence-corrected chi connectivity index (χ4v) is 1.89. The maximum absolute atomic E-state index is 12.0. The number of hydrogen-bond donors (Lipinski definition) is 1. The van der Waals surface area contributed by atoms with Crippen LogP contribution >= 0.6 is 0 Å². The van der Waals surface area contributed by atoms with Crippen LogP contribution in [0.5, 0.6) is 0 Å². The maximum atomic E-state index is 12.0. The Bertz CT molecular complexity index is 500. The highest BCUT2D eigenvalue weighted by Crippen LogP contribution is 2.08. The van der Waals surface area contributed by atoms with Crippen molar-refractivity contribution >= 4 is 12.0 Å². The molecule has 1 rings (SSSR count). The van der Waals surface area contributed by atoms with E-state index in [9.17, 15) is 9.59 Å². The van der Waals surface area contributed by atoms with Gasteiger partial charge in [-0.15, -0.1) is 0 Å². The lowest BCUT2D eigenvalue weighted by atomic mass is 10.1. The Hall–Kier alpha value is -2.08. The SMILES string of the molecule is COC(=O)c1ccc(CN(C)C(=O)NCCOCC(C)C)cc1. The summed E-state index contributed by atoms with van der Waals surface area (Å²) in [5.74, 6) is 0.116. The van der Waals surface area contributed by atoms with Crippen molar-refractivity contribution < 1.29 is 19.1 Å². The smallest absolute Gasteiger partial charge is 0.337 e. The zero-order valence-corrected chi connectivity index (χ0v) is 14.3. The number of urea groups is 1. The van der Waals surface area contributed by atoms with Crippen LogP contribution in [0.25, 0.3) is 0 Å². The van der Waals surface area contributed by atoms with E-state index in [4.69, 9.17) is 4.74 Å². The third-order valence-electron chi connectivity index (χ3n) is 3.12. The van der Waals surface area contributed by atoms with Crippen molar-refractivity contribution in [2.75, 3.05) is 33.9 Å². The molecule has 6 heteroatoms. The molecule has 0 atom stereocenters. The van der Waals surface area contributed by atoms with Gasteiger partial charge >= 0.3 is 12.0 Å². The predicted molar refractivity (Wildman–Crippen MR) is 88.3 cm³/mol. The molecule has 0 aromatic heterocycles. The van der Waals surface area contributed by atoms with E-state index in [1.54, 1.807) is 24.1 Å². The molecule has 128 valence electrons. The highest BCUT2D eigenvalue weighted by molar-refractivity contribution is 5.89. The first-order valence-corrected chi connectivity index (χ1v) is 7.68. The number of ether oxygens (including phenoxy) is 2. The van der Waals surface area contributed by atoms with Gasteiger partial charge in [0.2, 0.25) is 0 Å². The minimum Gasteiger partial charge on any atom is -0.465 e. The van der Waals surface area contributed by atoms with Gasteiger partial charge in [0.25, 0.3) is 0 Å². The lowest BCUT2D eigenvalue weighted by Crippen LogP contribution is -2.38. The molecule has 0 radical (unpaired) electrons. The molecule has 0 aliphatic rings. The average Bonchev–Trinajstić information content (AvgIpc) is 2.53. The van der Waals surface area contributed by atoms with Crippen molar-refractivity contribution in [2.45, 2.75) is 20.4 Å². The maximum Gasteiger partial charge on any atom is 0.337 e. The third kappa shape index (κ3) is 7.15. The first-order chi connectivity index (χ1) is 10.9. The Labute approximate surface area is 137 Å². The highest BCUT2D eigenvalue weighted by atomic mass is 16.5. The molecule has 0 fully saturated rings. The lowest BCUT2D eigenvalue weighted by molar-refractivity contribution is 0.0600. The molecule has 1 N–H and O–H groups in total. The van der Waals surface area contributed by atoms with Crippen molar-refractivity contribution in [3.63, 3.8) is 0 Å². The van der Waals surface area contributed by atoms with Gasteiger partial charge in [0.05, 0.1) is 19.3 Å². The van der Waals surface area contributed by atoms with Crippen molar-refractivity contribution in [2.24, 2.45) is 5.92 Å². The number of carbonyl (C=O) groups is 2. The number of carbonyl (C=O) groups excluding carboxylic acids is 2. The second-order valence-corrected chi connectivity index (χ2v) is 5.75. The van der Waals surface area contributed by atoms with Gasteiger partial charge in [0, 0.05) is 26.7 Å². The van der Waals surface area contributed by atoms with Gasteiger partial charge in [0.1, 0.15) is 0 Å². The van der Waals surface area contributed by atoms with Gasteiger partial charge < -0.3 is 19.7 Å². The topological polar surface area (TPSA) is 67.9 Å². The van der Waals surface area contributed by atoms with Crippen LogP contribution in [0, 0.1) is 5.92 Å². The van der Waals surface area contributed by atoms with Crippen LogP contribution in [-0.4, -0.2) is 50.8 Å². The van der Waals surface area contributed by atoms with Gasteiger partial charge in [0.15, 0.2) is 0 Å². The summed E-state index contributed by atoms with van der Waals surface area (Å²) < 4.78 is 10.1. The molecule has 0 aliphatic carbocycles. The minimum absolute atomic E-state index is 0.157. The van der Waals surface area contributed by atoms with Gasteiger partial charge in [-0.05, 0) is 23.6 Å². The van der Waals surface area contributed by atoms with Gasteiger partial charge in [-0.2, -0.15) is 0 Å². The summed E-state index contributed by atoms with van der Waals surface area (Å²) in [4.78, 5) is 24.9. The number of benzene rings is 1. The van der Waals surface area contributed by atoms with Crippen LogP contribution in [0.4, 0.5) is 4.79 Å². The lowest BCUT2D eigenvalue weighted by Gasteiger charge is -2.18. The molecule has 6 nitrogen and oxygen atoms in total. The minimum atomic E-state index is -0.371. The Morgan fingerprint density at radius 3 is 2.43 bits per heavy atom. The van der Waals surface area contributed by atoms with Crippen LogP contribution < -0.4 is 5.32 Å². The summed E-state index contributed by atoms with van der Waals surface area (Å²) in [5, 5.41) is 2.80. The Kier molecular flexibility index (Phi) is 8.11. The molecule has 0 aliphatic heterocycles. The van der Waals surface area contributed by atoms with E-state index < -0.39 is 0 Å². The van der Waals surface area contributed by atoms with Crippen LogP contribution in [0.1, 0.15) is 29.8 Å². The first kappa shape index (κ1) is 19.0. The summed E-state index contributed by atoms with van der Waals surface area (Å²) in [5.41, 5.74) is 1.43. The Balaban J connectivity index is 2.35. The Morgan fingerprint density at radius 2 is 1.87 bits per heavy atom. The van der Waals surface area contributed by atoms with Gasteiger partial charge in [-0.25, -0.2) is 9.59 Å².